The molecule has 1 aromatic heterocycles. The number of amides is 3. The third-order valence-corrected chi connectivity index (χ3v) is 5.96. The second kappa shape index (κ2) is 8.27. The normalized spacial score (nSPS) is 18.7. The maximum Gasteiger partial charge on any atom is 0.573 e. The lowest BCUT2D eigenvalue weighted by Crippen LogP contribution is -2.40. The lowest BCUT2D eigenvalue weighted by molar-refractivity contribution is -0.274. The number of halogens is 3. The minimum absolute atomic E-state index is 0.000808. The predicted octanol–water partition coefficient (Wildman–Crippen LogP) is 4.60. The van der Waals surface area contributed by atoms with E-state index in [9.17, 15) is 22.8 Å². The topological polar surface area (TPSA) is 71.5 Å². The number of aromatic nitrogens is 1. The summed E-state index contributed by atoms with van der Waals surface area (Å²) in [5, 5.41) is 5.30. The summed E-state index contributed by atoms with van der Waals surface area (Å²) in [5.41, 5.74) is 0.629. The number of benzene rings is 2. The molecule has 166 valence electrons. The van der Waals surface area contributed by atoms with Crippen LogP contribution >= 0.6 is 11.3 Å². The first-order valence-corrected chi connectivity index (χ1v) is 10.5. The van der Waals surface area contributed by atoms with Crippen LogP contribution in [-0.2, 0) is 23.3 Å². The molecule has 10 heteroatoms. The van der Waals surface area contributed by atoms with Crippen LogP contribution in [0.5, 0.6) is 5.75 Å². The molecule has 4 rings (SSSR count). The summed E-state index contributed by atoms with van der Waals surface area (Å²) in [5.74, 6) is -0.920. The Hall–Kier alpha value is -3.40. The van der Waals surface area contributed by atoms with Crippen molar-refractivity contribution >= 4 is 23.3 Å². The molecule has 3 aromatic rings. The van der Waals surface area contributed by atoms with Gasteiger partial charge in [-0.15, -0.1) is 24.5 Å². The summed E-state index contributed by atoms with van der Waals surface area (Å²) in [7, 11) is 0. The average molecular weight is 461 g/mol. The molecule has 6 nitrogen and oxygen atoms in total. The Labute approximate surface area is 185 Å². The highest BCUT2D eigenvalue weighted by Gasteiger charge is 2.49. The third kappa shape index (κ3) is 4.59. The molecule has 1 N–H and O–H groups in total. The van der Waals surface area contributed by atoms with Crippen LogP contribution in [0.15, 0.2) is 60.0 Å². The summed E-state index contributed by atoms with van der Waals surface area (Å²) in [6.45, 7) is 1.51. The molecule has 0 spiro atoms. The van der Waals surface area contributed by atoms with E-state index < -0.39 is 29.6 Å². The number of hydrogen-bond acceptors (Lipinski definition) is 5. The van der Waals surface area contributed by atoms with Crippen molar-refractivity contribution in [2.24, 2.45) is 0 Å². The van der Waals surface area contributed by atoms with Gasteiger partial charge in [0.1, 0.15) is 11.3 Å². The zero-order chi connectivity index (χ0) is 22.9. The minimum atomic E-state index is -4.81. The number of nitrogens with one attached hydrogen (secondary N) is 1. The number of rotatable bonds is 6. The van der Waals surface area contributed by atoms with Crippen LogP contribution in [0, 0.1) is 0 Å². The van der Waals surface area contributed by atoms with E-state index in [0.717, 1.165) is 27.6 Å². The van der Waals surface area contributed by atoms with Crippen molar-refractivity contribution in [1.82, 2.24) is 15.2 Å². The van der Waals surface area contributed by atoms with E-state index in [-0.39, 0.29) is 6.54 Å². The maximum absolute atomic E-state index is 13.1. The Morgan fingerprint density at radius 3 is 2.44 bits per heavy atom. The van der Waals surface area contributed by atoms with Crippen molar-refractivity contribution in [2.45, 2.75) is 31.8 Å². The fraction of sp³-hybridized carbons (Fsp3) is 0.227. The van der Waals surface area contributed by atoms with Crippen LogP contribution < -0.4 is 10.1 Å². The van der Waals surface area contributed by atoms with Gasteiger partial charge in [0.05, 0.1) is 17.2 Å². The second-order valence-electron chi connectivity index (χ2n) is 7.41. The van der Waals surface area contributed by atoms with Crippen molar-refractivity contribution in [1.29, 1.82) is 0 Å². The number of urea groups is 1. The van der Waals surface area contributed by atoms with Gasteiger partial charge in [0.15, 0.2) is 0 Å². The van der Waals surface area contributed by atoms with Crippen LogP contribution in [-0.4, -0.2) is 28.2 Å². The monoisotopic (exact) mass is 461 g/mol. The van der Waals surface area contributed by atoms with Gasteiger partial charge in [-0.3, -0.25) is 9.69 Å². The van der Waals surface area contributed by atoms with Crippen LogP contribution in [0.25, 0.3) is 0 Å². The molecule has 0 radical (unpaired) electrons. The Bertz CT molecular complexity index is 1130. The molecule has 3 amide bonds. The Balaban J connectivity index is 1.47. The SMILES string of the molecule is CC1(c2ccc(OC(F)(F)F)cc2)NC(=O)N(Cc2csc(Cc3ccccc3)n2)C1=O. The highest BCUT2D eigenvalue weighted by Crippen LogP contribution is 2.32. The van der Waals surface area contributed by atoms with Crippen molar-refractivity contribution in [3.05, 3.63) is 81.8 Å². The van der Waals surface area contributed by atoms with E-state index >= 15 is 0 Å². The molecule has 1 saturated heterocycles. The molecule has 1 fully saturated rings. The quantitative estimate of drug-likeness (QED) is 0.545. The molecule has 1 unspecified atom stereocenters. The molecule has 2 aromatic carbocycles. The van der Waals surface area contributed by atoms with Crippen molar-refractivity contribution in [3.8, 4) is 5.75 Å². The zero-order valence-electron chi connectivity index (χ0n) is 16.8. The van der Waals surface area contributed by atoms with E-state index in [1.165, 1.54) is 30.4 Å². The highest BCUT2D eigenvalue weighted by molar-refractivity contribution is 7.09. The van der Waals surface area contributed by atoms with Gasteiger partial charge in [-0.05, 0) is 30.2 Å². The fourth-order valence-electron chi connectivity index (χ4n) is 3.46. The Kier molecular flexibility index (Phi) is 5.64. The Morgan fingerprint density at radius 2 is 1.78 bits per heavy atom. The summed E-state index contributed by atoms with van der Waals surface area (Å²) in [6.07, 6.45) is -4.16. The number of thiazole rings is 1. The summed E-state index contributed by atoms with van der Waals surface area (Å²) in [4.78, 5) is 31.2. The van der Waals surface area contributed by atoms with Gasteiger partial charge >= 0.3 is 12.4 Å². The molecule has 0 saturated carbocycles. The molecule has 32 heavy (non-hydrogen) atoms. The van der Waals surface area contributed by atoms with Gasteiger partial charge < -0.3 is 10.1 Å². The first-order valence-electron chi connectivity index (χ1n) is 9.62. The van der Waals surface area contributed by atoms with E-state index in [1.807, 2.05) is 30.3 Å². The third-order valence-electron chi connectivity index (χ3n) is 5.06. The van der Waals surface area contributed by atoms with Gasteiger partial charge in [-0.1, -0.05) is 42.5 Å². The number of carbonyl (C=O) groups excluding carboxylic acids is 2. The molecule has 1 aliphatic heterocycles. The number of hydrogen-bond donors (Lipinski definition) is 1. The van der Waals surface area contributed by atoms with E-state index in [0.29, 0.717) is 17.7 Å². The molecule has 0 aliphatic carbocycles. The fourth-order valence-corrected chi connectivity index (χ4v) is 4.28. The number of nitrogens with zero attached hydrogens (tertiary/aromatic N) is 2. The molecule has 1 atom stereocenters. The molecule has 0 bridgehead atoms. The van der Waals surface area contributed by atoms with Gasteiger partial charge in [-0.25, -0.2) is 9.78 Å². The van der Waals surface area contributed by atoms with Gasteiger partial charge in [0.2, 0.25) is 0 Å². The largest absolute Gasteiger partial charge is 0.573 e. The minimum Gasteiger partial charge on any atom is -0.406 e. The molecular weight excluding hydrogens is 443 g/mol. The zero-order valence-corrected chi connectivity index (χ0v) is 17.7. The lowest BCUT2D eigenvalue weighted by atomic mass is 9.92. The van der Waals surface area contributed by atoms with Gasteiger partial charge in [-0.2, -0.15) is 0 Å². The first kappa shape index (κ1) is 21.8. The smallest absolute Gasteiger partial charge is 0.406 e. The summed E-state index contributed by atoms with van der Waals surface area (Å²) in [6, 6.07) is 14.1. The van der Waals surface area contributed by atoms with E-state index in [4.69, 9.17) is 0 Å². The van der Waals surface area contributed by atoms with Crippen molar-refractivity contribution in [3.63, 3.8) is 0 Å². The second-order valence-corrected chi connectivity index (χ2v) is 8.36. The number of imide groups is 1. The standard InChI is InChI=1S/C22H18F3N3O3S/c1-21(15-7-9-17(10-8-15)31-22(23,24)25)19(29)28(20(30)27-21)12-16-13-32-18(26-16)11-14-5-3-2-4-6-14/h2-10,13H,11-12H2,1H3,(H,27,30). The van der Waals surface area contributed by atoms with Crippen LogP contribution in [0.1, 0.15) is 28.8 Å². The van der Waals surface area contributed by atoms with Gasteiger partial charge in [0.25, 0.3) is 5.91 Å². The number of alkyl halides is 3. The van der Waals surface area contributed by atoms with E-state index in [2.05, 4.69) is 15.0 Å². The number of ether oxygens (including phenoxy) is 1. The van der Waals surface area contributed by atoms with Crippen molar-refractivity contribution < 1.29 is 27.5 Å². The van der Waals surface area contributed by atoms with Crippen LogP contribution in [0.4, 0.5) is 18.0 Å². The van der Waals surface area contributed by atoms with Gasteiger partial charge in [0, 0.05) is 11.8 Å². The summed E-state index contributed by atoms with van der Waals surface area (Å²) >= 11 is 1.45. The molecule has 1 aliphatic rings. The van der Waals surface area contributed by atoms with Crippen LogP contribution in [0.2, 0.25) is 0 Å². The Morgan fingerprint density at radius 1 is 1.09 bits per heavy atom. The average Bonchev–Trinajstić information content (AvgIpc) is 3.26. The van der Waals surface area contributed by atoms with Crippen LogP contribution in [0.3, 0.4) is 0 Å². The van der Waals surface area contributed by atoms with E-state index in [1.54, 1.807) is 5.38 Å². The predicted molar refractivity (Wildman–Crippen MR) is 111 cm³/mol. The summed E-state index contributed by atoms with van der Waals surface area (Å²) < 4.78 is 41.0. The maximum atomic E-state index is 13.1. The number of carbonyl (C=O) groups is 2. The lowest BCUT2D eigenvalue weighted by Gasteiger charge is -2.22. The van der Waals surface area contributed by atoms with Crippen molar-refractivity contribution in [2.75, 3.05) is 0 Å². The first-order chi connectivity index (χ1) is 15.1. The molecule has 2 heterocycles. The molecular formula is C22H18F3N3O3S. The highest BCUT2D eigenvalue weighted by atomic mass is 32.1.